The molecule has 1 aromatic carbocycles. The van der Waals surface area contributed by atoms with E-state index >= 15 is 0 Å². The molecule has 2 fully saturated rings. The molecule has 0 unspecified atom stereocenters. The molecule has 1 saturated carbocycles. The average molecular weight is 408 g/mol. The van der Waals surface area contributed by atoms with Crippen molar-refractivity contribution >= 4 is 35.0 Å². The molecule has 2 aromatic rings. The van der Waals surface area contributed by atoms with Gasteiger partial charge in [-0.25, -0.2) is 4.79 Å². The summed E-state index contributed by atoms with van der Waals surface area (Å²) in [5, 5.41) is 5.17. The number of carbonyl (C=O) groups is 2. The minimum absolute atomic E-state index is 0.0980. The highest BCUT2D eigenvalue weighted by Crippen LogP contribution is 2.40. The quantitative estimate of drug-likeness (QED) is 0.716. The van der Waals surface area contributed by atoms with Crippen molar-refractivity contribution in [2.24, 2.45) is 11.8 Å². The lowest BCUT2D eigenvalue weighted by Crippen LogP contribution is -2.34. The molecular weight excluding hydrogens is 389 g/mol. The second-order valence-electron chi connectivity index (χ2n) is 7.23. The van der Waals surface area contributed by atoms with Crippen LogP contribution in [0.25, 0.3) is 0 Å². The van der Waals surface area contributed by atoms with E-state index in [9.17, 15) is 9.59 Å². The fraction of sp³-hybridized carbons (Fsp3) is 0.421. The van der Waals surface area contributed by atoms with E-state index in [1.165, 1.54) is 11.6 Å². The van der Waals surface area contributed by atoms with Gasteiger partial charge in [0.15, 0.2) is 5.78 Å². The van der Waals surface area contributed by atoms with Crippen molar-refractivity contribution in [2.45, 2.75) is 25.9 Å². The van der Waals surface area contributed by atoms with Gasteiger partial charge in [-0.1, -0.05) is 23.2 Å². The van der Waals surface area contributed by atoms with E-state index in [0.717, 1.165) is 12.8 Å². The van der Waals surface area contributed by atoms with Crippen LogP contribution in [0, 0.1) is 11.8 Å². The monoisotopic (exact) mass is 407 g/mol. The zero-order valence-corrected chi connectivity index (χ0v) is 16.3. The Morgan fingerprint density at radius 3 is 2.30 bits per heavy atom. The molecule has 0 N–H and O–H groups in total. The molecular formula is C19H19Cl2N3O3. The van der Waals surface area contributed by atoms with Gasteiger partial charge in [0.05, 0.1) is 6.10 Å². The Hall–Kier alpha value is -2.05. The lowest BCUT2D eigenvalue weighted by molar-refractivity contribution is 0.101. The number of carbonyl (C=O) groups excluding carboxylic acids is 2. The lowest BCUT2D eigenvalue weighted by atomic mass is 10.0. The molecule has 0 radical (unpaired) electrons. The maximum atomic E-state index is 12.6. The Bertz CT molecular complexity index is 864. The first kappa shape index (κ1) is 18.3. The summed E-state index contributed by atoms with van der Waals surface area (Å²) in [5.74, 6) is 1.33. The van der Waals surface area contributed by atoms with Gasteiger partial charge in [0, 0.05) is 36.3 Å². The van der Waals surface area contributed by atoms with Gasteiger partial charge in [-0.15, -0.1) is 0 Å². The highest BCUT2D eigenvalue weighted by molar-refractivity contribution is 6.34. The molecule has 142 valence electrons. The number of fused-ring (bicyclic) bond motifs is 1. The molecule has 6 nitrogen and oxygen atoms in total. The van der Waals surface area contributed by atoms with Crippen LogP contribution in [0.1, 0.15) is 30.3 Å². The molecule has 2 aliphatic rings. The molecule has 0 bridgehead atoms. The number of hydrogen-bond donors (Lipinski definition) is 0. The topological polar surface area (TPSA) is 64.4 Å². The Morgan fingerprint density at radius 1 is 1.11 bits per heavy atom. The number of aromatic nitrogens is 2. The Labute approximate surface area is 167 Å². The van der Waals surface area contributed by atoms with Crippen LogP contribution < -0.4 is 4.74 Å². The van der Waals surface area contributed by atoms with Crippen LogP contribution in [0.2, 0.25) is 10.0 Å². The predicted octanol–water partition coefficient (Wildman–Crippen LogP) is 4.15. The van der Waals surface area contributed by atoms with E-state index in [1.807, 2.05) is 0 Å². The van der Waals surface area contributed by atoms with Gasteiger partial charge < -0.3 is 9.64 Å². The molecule has 1 aliphatic carbocycles. The van der Waals surface area contributed by atoms with Gasteiger partial charge >= 0.3 is 6.03 Å². The molecule has 0 spiro atoms. The maximum absolute atomic E-state index is 12.6. The lowest BCUT2D eigenvalue weighted by Gasteiger charge is -2.20. The number of ketones is 1. The minimum atomic E-state index is -0.184. The van der Waals surface area contributed by atoms with Crippen molar-refractivity contribution in [3.05, 3.63) is 46.2 Å². The highest BCUT2D eigenvalue weighted by Gasteiger charge is 2.43. The van der Waals surface area contributed by atoms with Crippen LogP contribution >= 0.6 is 23.2 Å². The fourth-order valence-electron chi connectivity index (χ4n) is 4.05. The van der Waals surface area contributed by atoms with E-state index < -0.39 is 0 Å². The average Bonchev–Trinajstić information content (AvgIpc) is 3.27. The molecule has 1 aliphatic heterocycles. The third-order valence-corrected chi connectivity index (χ3v) is 5.70. The first-order valence-electron chi connectivity index (χ1n) is 8.87. The van der Waals surface area contributed by atoms with E-state index in [-0.39, 0.29) is 17.9 Å². The van der Waals surface area contributed by atoms with Gasteiger partial charge in [-0.3, -0.25) is 4.79 Å². The fourth-order valence-corrected chi connectivity index (χ4v) is 4.55. The molecule has 2 heterocycles. The van der Waals surface area contributed by atoms with Crippen LogP contribution in [0.15, 0.2) is 30.5 Å². The number of Topliss-reactive ketones (excluding diaryl/α,β-unsaturated/α-hetero) is 1. The molecule has 3 atom stereocenters. The SMILES string of the molecule is CC(=O)c1ccn(C(=O)N2C[C@H]3C[C@H](Oc4cc(Cl)cc(Cl)c4)C[C@H]3C2)n1. The van der Waals surface area contributed by atoms with Gasteiger partial charge in [-0.05, 0) is 48.9 Å². The zero-order valence-electron chi connectivity index (χ0n) is 14.8. The summed E-state index contributed by atoms with van der Waals surface area (Å²) in [6.07, 6.45) is 3.41. The molecule has 1 aromatic heterocycles. The van der Waals surface area contributed by atoms with Crippen LogP contribution in [0.3, 0.4) is 0 Å². The van der Waals surface area contributed by atoms with Crippen molar-refractivity contribution < 1.29 is 14.3 Å². The number of amides is 1. The first-order chi connectivity index (χ1) is 12.9. The summed E-state index contributed by atoms with van der Waals surface area (Å²) < 4.78 is 7.31. The van der Waals surface area contributed by atoms with Crippen molar-refractivity contribution in [2.75, 3.05) is 13.1 Å². The van der Waals surface area contributed by atoms with Gasteiger partial charge in [-0.2, -0.15) is 9.78 Å². The van der Waals surface area contributed by atoms with E-state index in [1.54, 1.807) is 35.4 Å². The van der Waals surface area contributed by atoms with Gasteiger partial charge in [0.25, 0.3) is 0 Å². The third-order valence-electron chi connectivity index (χ3n) is 5.26. The predicted molar refractivity (Wildman–Crippen MR) is 102 cm³/mol. The van der Waals surface area contributed by atoms with E-state index in [4.69, 9.17) is 27.9 Å². The summed E-state index contributed by atoms with van der Waals surface area (Å²) in [5.41, 5.74) is 0.302. The van der Waals surface area contributed by atoms with Crippen molar-refractivity contribution in [3.8, 4) is 5.75 Å². The summed E-state index contributed by atoms with van der Waals surface area (Å²) in [6, 6.07) is 6.59. The van der Waals surface area contributed by atoms with Crippen molar-refractivity contribution in [1.82, 2.24) is 14.7 Å². The summed E-state index contributed by atoms with van der Waals surface area (Å²) in [6.45, 7) is 2.79. The molecule has 1 amide bonds. The standard InChI is InChI=1S/C19H19Cl2N3O3/c1-11(25)18-2-3-24(22-18)19(26)23-9-12-4-16(5-13(12)10-23)27-17-7-14(20)6-15(21)8-17/h2-3,6-8,12-13,16H,4-5,9-10H2,1H3/t12-,13+,16+. The number of rotatable bonds is 3. The maximum Gasteiger partial charge on any atom is 0.344 e. The van der Waals surface area contributed by atoms with E-state index in [0.29, 0.717) is 46.4 Å². The number of benzene rings is 1. The number of likely N-dealkylation sites (tertiary alicyclic amines) is 1. The third kappa shape index (κ3) is 3.82. The minimum Gasteiger partial charge on any atom is -0.490 e. The molecule has 27 heavy (non-hydrogen) atoms. The van der Waals surface area contributed by atoms with Crippen LogP contribution in [-0.2, 0) is 0 Å². The molecule has 1 saturated heterocycles. The normalized spacial score (nSPS) is 24.1. The second kappa shape index (κ2) is 7.17. The van der Waals surface area contributed by atoms with Crippen LogP contribution in [0.4, 0.5) is 4.79 Å². The summed E-state index contributed by atoms with van der Waals surface area (Å²) in [7, 11) is 0. The van der Waals surface area contributed by atoms with Gasteiger partial charge in [0.1, 0.15) is 11.4 Å². The number of ether oxygens (including phenoxy) is 1. The Morgan fingerprint density at radius 2 is 1.74 bits per heavy atom. The Kier molecular flexibility index (Phi) is 4.86. The smallest absolute Gasteiger partial charge is 0.344 e. The summed E-state index contributed by atoms with van der Waals surface area (Å²) in [4.78, 5) is 25.8. The van der Waals surface area contributed by atoms with Crippen molar-refractivity contribution in [1.29, 1.82) is 0 Å². The highest BCUT2D eigenvalue weighted by atomic mass is 35.5. The summed E-state index contributed by atoms with van der Waals surface area (Å²) >= 11 is 12.1. The zero-order chi connectivity index (χ0) is 19.1. The first-order valence-corrected chi connectivity index (χ1v) is 9.63. The Balaban J connectivity index is 1.36. The second-order valence-corrected chi connectivity index (χ2v) is 8.10. The van der Waals surface area contributed by atoms with Gasteiger partial charge in [0.2, 0.25) is 0 Å². The largest absolute Gasteiger partial charge is 0.490 e. The van der Waals surface area contributed by atoms with Crippen LogP contribution in [-0.4, -0.2) is 45.7 Å². The number of nitrogens with zero attached hydrogens (tertiary/aromatic N) is 3. The molecule has 4 rings (SSSR count). The van der Waals surface area contributed by atoms with E-state index in [2.05, 4.69) is 5.10 Å². The van der Waals surface area contributed by atoms with Crippen molar-refractivity contribution in [3.63, 3.8) is 0 Å². The number of hydrogen-bond acceptors (Lipinski definition) is 4. The number of halogens is 2. The molecule has 8 heteroatoms. The van der Waals surface area contributed by atoms with Crippen LogP contribution in [0.5, 0.6) is 5.75 Å².